The average Bonchev–Trinajstić information content (AvgIpc) is 3.15. The Morgan fingerprint density at radius 1 is 1.00 bits per heavy atom. The smallest absolute Gasteiger partial charge is 0.197 e. The lowest BCUT2D eigenvalue weighted by molar-refractivity contribution is 0.103. The van der Waals surface area contributed by atoms with E-state index >= 15 is 0 Å². The Balaban J connectivity index is 1.61. The van der Waals surface area contributed by atoms with Crippen LogP contribution >= 0.6 is 0 Å². The molecule has 1 heterocycles. The molecular formula is C23H17FO4. The first-order chi connectivity index (χ1) is 13.6. The van der Waals surface area contributed by atoms with Crippen LogP contribution in [0.3, 0.4) is 0 Å². The summed E-state index contributed by atoms with van der Waals surface area (Å²) in [4.78, 5) is 12.9. The molecule has 0 atom stereocenters. The maximum atomic E-state index is 13.3. The monoisotopic (exact) mass is 376 g/mol. The standard InChI is InChI=1S/C23H17FO4/c1-26-18-7-3-5-16(11-18)23(25)21-14-28-22-9-8-19(12-20(21)22)27-13-15-4-2-6-17(24)10-15/h2-12,14H,13H2,1H3. The van der Waals surface area contributed by atoms with Crippen molar-refractivity contribution in [2.45, 2.75) is 6.61 Å². The van der Waals surface area contributed by atoms with Gasteiger partial charge in [0.25, 0.3) is 0 Å². The summed E-state index contributed by atoms with van der Waals surface area (Å²) in [7, 11) is 1.55. The van der Waals surface area contributed by atoms with E-state index in [4.69, 9.17) is 13.9 Å². The van der Waals surface area contributed by atoms with E-state index in [1.807, 2.05) is 0 Å². The normalized spacial score (nSPS) is 10.8. The number of furan rings is 1. The molecule has 0 amide bonds. The molecule has 5 heteroatoms. The van der Waals surface area contributed by atoms with E-state index in [0.29, 0.717) is 33.6 Å². The van der Waals surface area contributed by atoms with Gasteiger partial charge in [0.2, 0.25) is 0 Å². The van der Waals surface area contributed by atoms with Crippen molar-refractivity contribution in [1.29, 1.82) is 0 Å². The van der Waals surface area contributed by atoms with Crippen molar-refractivity contribution < 1.29 is 23.1 Å². The van der Waals surface area contributed by atoms with Crippen LogP contribution in [0, 0.1) is 5.82 Å². The number of ketones is 1. The van der Waals surface area contributed by atoms with Gasteiger partial charge >= 0.3 is 0 Å². The predicted molar refractivity (Wildman–Crippen MR) is 103 cm³/mol. The van der Waals surface area contributed by atoms with Crippen molar-refractivity contribution in [3.63, 3.8) is 0 Å². The van der Waals surface area contributed by atoms with Crippen LogP contribution in [0.15, 0.2) is 77.4 Å². The number of halogens is 1. The molecule has 0 radical (unpaired) electrons. The lowest BCUT2D eigenvalue weighted by Gasteiger charge is -2.07. The van der Waals surface area contributed by atoms with Crippen LogP contribution in [0.4, 0.5) is 4.39 Å². The fourth-order valence-corrected chi connectivity index (χ4v) is 2.99. The summed E-state index contributed by atoms with van der Waals surface area (Å²) in [5.41, 5.74) is 2.26. The highest BCUT2D eigenvalue weighted by Gasteiger charge is 2.17. The van der Waals surface area contributed by atoms with Gasteiger partial charge in [0.15, 0.2) is 5.78 Å². The van der Waals surface area contributed by atoms with Crippen molar-refractivity contribution in [3.8, 4) is 11.5 Å². The Morgan fingerprint density at radius 2 is 1.86 bits per heavy atom. The number of carbonyl (C=O) groups excluding carboxylic acids is 1. The second-order valence-corrected chi connectivity index (χ2v) is 6.29. The Labute approximate surface area is 161 Å². The summed E-state index contributed by atoms with van der Waals surface area (Å²) in [5.74, 6) is 0.702. The highest BCUT2D eigenvalue weighted by molar-refractivity contribution is 6.16. The number of carbonyl (C=O) groups is 1. The molecule has 0 aliphatic heterocycles. The second-order valence-electron chi connectivity index (χ2n) is 6.29. The highest BCUT2D eigenvalue weighted by atomic mass is 19.1. The number of benzene rings is 3. The first kappa shape index (κ1) is 17.8. The molecular weight excluding hydrogens is 359 g/mol. The Kier molecular flexibility index (Phi) is 4.81. The molecule has 0 saturated heterocycles. The number of hydrogen-bond acceptors (Lipinski definition) is 4. The van der Waals surface area contributed by atoms with Gasteiger partial charge in [0.05, 0.1) is 12.7 Å². The van der Waals surface area contributed by atoms with Gasteiger partial charge in [-0.1, -0.05) is 24.3 Å². The lowest BCUT2D eigenvalue weighted by Crippen LogP contribution is -2.01. The summed E-state index contributed by atoms with van der Waals surface area (Å²) >= 11 is 0. The minimum atomic E-state index is -0.308. The zero-order chi connectivity index (χ0) is 19.5. The van der Waals surface area contributed by atoms with Gasteiger partial charge < -0.3 is 13.9 Å². The number of ether oxygens (including phenoxy) is 2. The van der Waals surface area contributed by atoms with E-state index in [-0.39, 0.29) is 18.2 Å². The molecule has 4 aromatic rings. The van der Waals surface area contributed by atoms with Crippen LogP contribution in [0.1, 0.15) is 21.5 Å². The number of rotatable bonds is 6. The molecule has 140 valence electrons. The fourth-order valence-electron chi connectivity index (χ4n) is 2.99. The highest BCUT2D eigenvalue weighted by Crippen LogP contribution is 2.28. The summed E-state index contributed by atoms with van der Waals surface area (Å²) < 4.78 is 29.8. The largest absolute Gasteiger partial charge is 0.497 e. The molecule has 4 rings (SSSR count). The van der Waals surface area contributed by atoms with Crippen LogP contribution in [0.25, 0.3) is 11.0 Å². The molecule has 0 aliphatic rings. The van der Waals surface area contributed by atoms with E-state index < -0.39 is 0 Å². The van der Waals surface area contributed by atoms with Crippen LogP contribution in [0.2, 0.25) is 0 Å². The van der Waals surface area contributed by atoms with Gasteiger partial charge in [-0.3, -0.25) is 4.79 Å². The summed E-state index contributed by atoms with van der Waals surface area (Å²) in [6.07, 6.45) is 1.45. The van der Waals surface area contributed by atoms with E-state index in [1.54, 1.807) is 61.7 Å². The first-order valence-corrected chi connectivity index (χ1v) is 8.71. The number of methoxy groups -OCH3 is 1. The van der Waals surface area contributed by atoms with Gasteiger partial charge in [-0.25, -0.2) is 4.39 Å². The molecule has 0 N–H and O–H groups in total. The minimum absolute atomic E-state index is 0.167. The summed E-state index contributed by atoms with van der Waals surface area (Å²) in [6.45, 7) is 0.223. The quantitative estimate of drug-likeness (QED) is 0.423. The lowest BCUT2D eigenvalue weighted by atomic mass is 10.0. The van der Waals surface area contributed by atoms with Crippen LogP contribution in [-0.4, -0.2) is 12.9 Å². The average molecular weight is 376 g/mol. The number of fused-ring (bicyclic) bond motifs is 1. The van der Waals surface area contributed by atoms with Gasteiger partial charge in [0, 0.05) is 10.9 Å². The van der Waals surface area contributed by atoms with Gasteiger partial charge in [-0.15, -0.1) is 0 Å². The van der Waals surface area contributed by atoms with Crippen LogP contribution in [0.5, 0.6) is 11.5 Å². The van der Waals surface area contributed by atoms with Crippen molar-refractivity contribution in [1.82, 2.24) is 0 Å². The predicted octanol–water partition coefficient (Wildman–Crippen LogP) is 5.39. The minimum Gasteiger partial charge on any atom is -0.497 e. The zero-order valence-electron chi connectivity index (χ0n) is 15.1. The molecule has 28 heavy (non-hydrogen) atoms. The van der Waals surface area contributed by atoms with E-state index in [0.717, 1.165) is 5.56 Å². The number of hydrogen-bond donors (Lipinski definition) is 0. The molecule has 0 aliphatic carbocycles. The first-order valence-electron chi connectivity index (χ1n) is 8.71. The van der Waals surface area contributed by atoms with Crippen molar-refractivity contribution in [2.75, 3.05) is 7.11 Å². The maximum absolute atomic E-state index is 13.3. The van der Waals surface area contributed by atoms with E-state index in [2.05, 4.69) is 0 Å². The third-order valence-electron chi connectivity index (χ3n) is 4.42. The molecule has 4 nitrogen and oxygen atoms in total. The fraction of sp³-hybridized carbons (Fsp3) is 0.0870. The Hall–Kier alpha value is -3.60. The third-order valence-corrected chi connectivity index (χ3v) is 4.42. The Bertz CT molecular complexity index is 1150. The van der Waals surface area contributed by atoms with Crippen molar-refractivity contribution in [2.24, 2.45) is 0 Å². The molecule has 3 aromatic carbocycles. The maximum Gasteiger partial charge on any atom is 0.197 e. The van der Waals surface area contributed by atoms with Gasteiger partial charge in [0.1, 0.15) is 35.8 Å². The van der Waals surface area contributed by atoms with Gasteiger partial charge in [-0.05, 0) is 48.0 Å². The second kappa shape index (κ2) is 7.56. The molecule has 0 bridgehead atoms. The third kappa shape index (κ3) is 3.60. The van der Waals surface area contributed by atoms with E-state index in [1.165, 1.54) is 18.4 Å². The molecule has 0 saturated carbocycles. The summed E-state index contributed by atoms with van der Waals surface area (Å²) in [5, 5.41) is 0.657. The van der Waals surface area contributed by atoms with Crippen molar-refractivity contribution >= 4 is 16.8 Å². The summed E-state index contributed by atoms with van der Waals surface area (Å²) in [6, 6.07) is 18.5. The van der Waals surface area contributed by atoms with E-state index in [9.17, 15) is 9.18 Å². The SMILES string of the molecule is COc1cccc(C(=O)c2coc3ccc(OCc4cccc(F)c4)cc23)c1. The van der Waals surface area contributed by atoms with Crippen LogP contribution < -0.4 is 9.47 Å². The molecule has 1 aromatic heterocycles. The Morgan fingerprint density at radius 3 is 2.68 bits per heavy atom. The van der Waals surface area contributed by atoms with Crippen LogP contribution in [-0.2, 0) is 6.61 Å². The molecule has 0 fully saturated rings. The molecule has 0 unspecified atom stereocenters. The zero-order valence-corrected chi connectivity index (χ0v) is 15.1. The topological polar surface area (TPSA) is 48.7 Å². The van der Waals surface area contributed by atoms with Crippen molar-refractivity contribution in [3.05, 3.63) is 95.5 Å². The van der Waals surface area contributed by atoms with Gasteiger partial charge in [-0.2, -0.15) is 0 Å². The molecule has 0 spiro atoms.